The topological polar surface area (TPSA) is 111 Å². The van der Waals surface area contributed by atoms with Gasteiger partial charge in [0.15, 0.2) is 0 Å². The van der Waals surface area contributed by atoms with Gasteiger partial charge in [0.1, 0.15) is 6.54 Å². The average Bonchev–Trinajstić information content (AvgIpc) is 2.82. The molecule has 0 saturated carbocycles. The van der Waals surface area contributed by atoms with E-state index in [0.717, 1.165) is 10.0 Å². The van der Waals surface area contributed by atoms with E-state index in [1.54, 1.807) is 6.92 Å². The first kappa shape index (κ1) is 14.1. The predicted molar refractivity (Wildman–Crippen MR) is 76.7 cm³/mol. The minimum absolute atomic E-state index is 0.0776. The highest BCUT2D eigenvalue weighted by Crippen LogP contribution is 2.10. The Morgan fingerprint density at radius 1 is 1.45 bits per heavy atom. The van der Waals surface area contributed by atoms with Crippen molar-refractivity contribution in [2.24, 2.45) is 5.10 Å². The summed E-state index contributed by atoms with van der Waals surface area (Å²) in [6, 6.07) is 7.60. The Kier molecular flexibility index (Phi) is 4.41. The molecule has 9 heteroatoms. The summed E-state index contributed by atoms with van der Waals surface area (Å²) >= 11 is 3.35. The SMILES string of the molecule is CC(=NNC(=O)Cn1nnnc1N)c1ccc(Br)cc1. The third kappa shape index (κ3) is 3.60. The van der Waals surface area contributed by atoms with Gasteiger partial charge in [0.05, 0.1) is 5.71 Å². The van der Waals surface area contributed by atoms with Crippen molar-refractivity contribution in [3.8, 4) is 0 Å². The van der Waals surface area contributed by atoms with Crippen LogP contribution in [0.3, 0.4) is 0 Å². The second-order valence-electron chi connectivity index (χ2n) is 3.93. The zero-order valence-corrected chi connectivity index (χ0v) is 12.2. The summed E-state index contributed by atoms with van der Waals surface area (Å²) < 4.78 is 2.16. The Bertz CT molecular complexity index is 634. The van der Waals surface area contributed by atoms with Crippen molar-refractivity contribution in [3.63, 3.8) is 0 Å². The summed E-state index contributed by atoms with van der Waals surface area (Å²) in [6.07, 6.45) is 0. The van der Waals surface area contributed by atoms with Crippen LogP contribution in [0.15, 0.2) is 33.8 Å². The molecule has 0 bridgehead atoms. The lowest BCUT2D eigenvalue weighted by Gasteiger charge is -2.03. The van der Waals surface area contributed by atoms with E-state index in [0.29, 0.717) is 5.71 Å². The highest BCUT2D eigenvalue weighted by atomic mass is 79.9. The zero-order valence-electron chi connectivity index (χ0n) is 10.6. The maximum Gasteiger partial charge on any atom is 0.262 e. The molecule has 0 spiro atoms. The van der Waals surface area contributed by atoms with Crippen LogP contribution in [-0.2, 0) is 11.3 Å². The van der Waals surface area contributed by atoms with Gasteiger partial charge in [0, 0.05) is 4.47 Å². The fourth-order valence-electron chi connectivity index (χ4n) is 1.40. The second-order valence-corrected chi connectivity index (χ2v) is 4.85. The Morgan fingerprint density at radius 3 is 2.75 bits per heavy atom. The molecule has 1 aromatic heterocycles. The van der Waals surface area contributed by atoms with Gasteiger partial charge in [-0.25, -0.2) is 10.1 Å². The number of carbonyl (C=O) groups is 1. The number of tetrazole rings is 1. The first-order valence-electron chi connectivity index (χ1n) is 5.67. The van der Waals surface area contributed by atoms with E-state index in [1.807, 2.05) is 24.3 Å². The number of rotatable bonds is 4. The van der Waals surface area contributed by atoms with Crippen LogP contribution >= 0.6 is 15.9 Å². The van der Waals surface area contributed by atoms with E-state index < -0.39 is 0 Å². The molecule has 0 saturated heterocycles. The number of hydrogen-bond donors (Lipinski definition) is 2. The Balaban J connectivity index is 1.96. The Hall–Kier alpha value is -2.29. The molecule has 0 aliphatic carbocycles. The largest absolute Gasteiger partial charge is 0.367 e. The standard InChI is InChI=1S/C11H12BrN7O/c1-7(8-2-4-9(12)5-3-8)14-15-10(20)6-19-11(13)16-17-18-19/h2-5H,6H2,1H3,(H,15,20)(H2,13,16,18). The second kappa shape index (κ2) is 6.24. The lowest BCUT2D eigenvalue weighted by atomic mass is 10.1. The van der Waals surface area contributed by atoms with Crippen LogP contribution in [0.2, 0.25) is 0 Å². The van der Waals surface area contributed by atoms with Crippen LogP contribution in [0.1, 0.15) is 12.5 Å². The highest BCUT2D eigenvalue weighted by Gasteiger charge is 2.07. The lowest BCUT2D eigenvalue weighted by molar-refractivity contribution is -0.121. The number of nitrogens with one attached hydrogen (secondary N) is 1. The smallest absolute Gasteiger partial charge is 0.262 e. The molecule has 0 radical (unpaired) electrons. The first-order chi connectivity index (χ1) is 9.56. The van der Waals surface area contributed by atoms with E-state index in [2.05, 4.69) is 42.0 Å². The van der Waals surface area contributed by atoms with Crippen LogP contribution in [-0.4, -0.2) is 31.8 Å². The number of aromatic nitrogens is 4. The molecular weight excluding hydrogens is 326 g/mol. The number of nitrogen functional groups attached to an aromatic ring is 1. The van der Waals surface area contributed by atoms with Gasteiger partial charge in [-0.3, -0.25) is 4.79 Å². The van der Waals surface area contributed by atoms with Crippen molar-refractivity contribution in [3.05, 3.63) is 34.3 Å². The monoisotopic (exact) mass is 337 g/mol. The predicted octanol–water partition coefficient (Wildman–Crippen LogP) is 0.558. The quantitative estimate of drug-likeness (QED) is 0.625. The molecule has 0 fully saturated rings. The first-order valence-corrected chi connectivity index (χ1v) is 6.46. The summed E-state index contributed by atoms with van der Waals surface area (Å²) in [4.78, 5) is 11.7. The van der Waals surface area contributed by atoms with Gasteiger partial charge in [0.25, 0.3) is 5.91 Å². The number of hydrogen-bond acceptors (Lipinski definition) is 6. The fraction of sp³-hybridized carbons (Fsp3) is 0.182. The number of nitrogens with zero attached hydrogens (tertiary/aromatic N) is 5. The number of halogens is 1. The van der Waals surface area contributed by atoms with Gasteiger partial charge in [-0.15, -0.1) is 0 Å². The van der Waals surface area contributed by atoms with Gasteiger partial charge in [0.2, 0.25) is 5.95 Å². The van der Waals surface area contributed by atoms with Gasteiger partial charge >= 0.3 is 0 Å². The summed E-state index contributed by atoms with van der Waals surface area (Å²) in [7, 11) is 0. The molecule has 104 valence electrons. The van der Waals surface area contributed by atoms with Crippen LogP contribution in [0.25, 0.3) is 0 Å². The van der Waals surface area contributed by atoms with Gasteiger partial charge in [-0.2, -0.15) is 5.10 Å². The molecule has 1 amide bonds. The number of carbonyl (C=O) groups excluding carboxylic acids is 1. The average molecular weight is 338 g/mol. The molecule has 3 N–H and O–H groups in total. The molecule has 1 heterocycles. The molecule has 20 heavy (non-hydrogen) atoms. The van der Waals surface area contributed by atoms with E-state index in [1.165, 1.54) is 4.68 Å². The summed E-state index contributed by atoms with van der Waals surface area (Å²) in [5.41, 5.74) is 9.49. The van der Waals surface area contributed by atoms with E-state index in [4.69, 9.17) is 5.73 Å². The van der Waals surface area contributed by atoms with Crippen molar-refractivity contribution in [2.45, 2.75) is 13.5 Å². The molecule has 8 nitrogen and oxygen atoms in total. The van der Waals surface area contributed by atoms with Crippen LogP contribution in [0.4, 0.5) is 5.95 Å². The van der Waals surface area contributed by atoms with Crippen LogP contribution in [0.5, 0.6) is 0 Å². The molecule has 0 unspecified atom stereocenters. The number of anilines is 1. The molecule has 0 aliphatic rings. The van der Waals surface area contributed by atoms with Crippen LogP contribution < -0.4 is 11.2 Å². The van der Waals surface area contributed by atoms with Crippen molar-refractivity contribution >= 4 is 33.5 Å². The molecular formula is C11H12BrN7O. The number of benzene rings is 1. The third-order valence-electron chi connectivity index (χ3n) is 2.46. The number of nitrogens with two attached hydrogens (primary N) is 1. The van der Waals surface area contributed by atoms with Gasteiger partial charge in [-0.05, 0) is 35.0 Å². The minimum Gasteiger partial charge on any atom is -0.367 e. The minimum atomic E-state index is -0.361. The lowest BCUT2D eigenvalue weighted by Crippen LogP contribution is -2.25. The van der Waals surface area contributed by atoms with Crippen molar-refractivity contribution in [2.75, 3.05) is 5.73 Å². The van der Waals surface area contributed by atoms with Gasteiger partial charge in [-0.1, -0.05) is 33.2 Å². The number of amides is 1. The summed E-state index contributed by atoms with van der Waals surface area (Å²) in [5.74, 6) is -0.283. The van der Waals surface area contributed by atoms with Crippen molar-refractivity contribution in [1.29, 1.82) is 0 Å². The maximum atomic E-state index is 11.7. The Morgan fingerprint density at radius 2 is 2.15 bits per heavy atom. The molecule has 0 atom stereocenters. The summed E-state index contributed by atoms with van der Waals surface area (Å²) in [6.45, 7) is 1.71. The molecule has 0 aliphatic heterocycles. The van der Waals surface area contributed by atoms with E-state index in [9.17, 15) is 4.79 Å². The molecule has 2 aromatic rings. The Labute approximate surface area is 123 Å². The van der Waals surface area contributed by atoms with Crippen LogP contribution in [0, 0.1) is 0 Å². The summed E-state index contributed by atoms with van der Waals surface area (Å²) in [5, 5.41) is 14.4. The maximum absolute atomic E-state index is 11.7. The zero-order chi connectivity index (χ0) is 14.5. The van der Waals surface area contributed by atoms with Crippen molar-refractivity contribution in [1.82, 2.24) is 25.6 Å². The van der Waals surface area contributed by atoms with Crippen molar-refractivity contribution < 1.29 is 4.79 Å². The fourth-order valence-corrected chi connectivity index (χ4v) is 1.66. The normalized spacial score (nSPS) is 11.4. The highest BCUT2D eigenvalue weighted by molar-refractivity contribution is 9.10. The van der Waals surface area contributed by atoms with E-state index in [-0.39, 0.29) is 18.4 Å². The van der Waals surface area contributed by atoms with E-state index >= 15 is 0 Å². The molecule has 1 aromatic carbocycles. The number of hydrazone groups is 1. The molecule has 2 rings (SSSR count). The van der Waals surface area contributed by atoms with Gasteiger partial charge < -0.3 is 5.73 Å². The third-order valence-corrected chi connectivity index (χ3v) is 2.99.